The van der Waals surface area contributed by atoms with Crippen molar-refractivity contribution in [1.82, 2.24) is 4.90 Å². The van der Waals surface area contributed by atoms with Gasteiger partial charge in [-0.3, -0.25) is 4.90 Å². The zero-order valence-corrected chi connectivity index (χ0v) is 15.7. The van der Waals surface area contributed by atoms with E-state index in [2.05, 4.69) is 25.3 Å². The monoisotopic (exact) mass is 321 g/mol. The lowest BCUT2D eigenvalue weighted by atomic mass is 10.3. The van der Waals surface area contributed by atoms with Gasteiger partial charge in [0, 0.05) is 23.9 Å². The lowest BCUT2D eigenvalue weighted by Crippen LogP contribution is -2.70. The second kappa shape index (κ2) is 7.50. The molecule has 0 saturated heterocycles. The fraction of sp³-hybridized carbons (Fsp3) is 1.00. The highest BCUT2D eigenvalue weighted by Crippen LogP contribution is 2.25. The molecule has 0 aromatic carbocycles. The number of aliphatic hydroxyl groups excluding tert-OH is 2. The molecule has 0 aromatic heterocycles. The predicted octanol–water partition coefficient (Wildman–Crippen LogP) is 0.152. The summed E-state index contributed by atoms with van der Waals surface area (Å²) in [6.07, 6.45) is -0.122. The van der Waals surface area contributed by atoms with Crippen molar-refractivity contribution in [1.29, 1.82) is 0 Å². The number of rotatable bonds is 9. The van der Waals surface area contributed by atoms with Gasteiger partial charge in [0.05, 0.1) is 18.4 Å². The quantitative estimate of drug-likeness (QED) is 0.356. The van der Waals surface area contributed by atoms with Crippen molar-refractivity contribution in [2.24, 2.45) is 11.5 Å². The predicted molar refractivity (Wildman–Crippen MR) is 89.0 cm³/mol. The summed E-state index contributed by atoms with van der Waals surface area (Å²) in [6, 6.07) is 0.213. The maximum atomic E-state index is 9.74. The first-order valence-corrected chi connectivity index (χ1v) is 10.1. The Bertz CT molecular complexity index is 316. The molecular weight excluding hydrogens is 286 g/mol. The number of nitrogens with two attached hydrogens (primary N) is 2. The average Bonchev–Trinajstić information content (AvgIpc) is 2.23. The zero-order valence-electron chi connectivity index (χ0n) is 14.7. The summed E-state index contributed by atoms with van der Waals surface area (Å²) in [6.45, 7) is 13.9. The second-order valence-electron chi connectivity index (χ2n) is 7.52. The summed E-state index contributed by atoms with van der Waals surface area (Å²) in [5, 5.41) is 18.3. The lowest BCUT2D eigenvalue weighted by Gasteiger charge is -2.46. The van der Waals surface area contributed by atoms with Gasteiger partial charge in [0.25, 0.3) is 0 Å². The molecule has 2 unspecified atom stereocenters. The largest absolute Gasteiger partial charge is 0.397 e. The van der Waals surface area contributed by atoms with Gasteiger partial charge in [-0.15, -0.1) is 0 Å². The molecular formula is C14H35N3O3Si. The Kier molecular flexibility index (Phi) is 7.49. The van der Waals surface area contributed by atoms with Gasteiger partial charge in [-0.1, -0.05) is 0 Å². The molecule has 0 fully saturated rings. The van der Waals surface area contributed by atoms with E-state index in [9.17, 15) is 5.11 Å². The van der Waals surface area contributed by atoms with Crippen molar-refractivity contribution in [2.45, 2.75) is 71.1 Å². The molecule has 0 aromatic rings. The Balaban J connectivity index is 5.25. The van der Waals surface area contributed by atoms with Gasteiger partial charge < -0.3 is 26.1 Å². The van der Waals surface area contributed by atoms with Crippen LogP contribution in [0.3, 0.4) is 0 Å². The minimum absolute atomic E-state index is 0.213. The van der Waals surface area contributed by atoms with Crippen molar-refractivity contribution in [3.8, 4) is 0 Å². The van der Waals surface area contributed by atoms with E-state index in [4.69, 9.17) is 21.0 Å². The van der Waals surface area contributed by atoms with Crippen LogP contribution in [-0.2, 0) is 4.43 Å². The maximum Gasteiger partial charge on any atom is 0.224 e. The number of hydrogen-bond acceptors (Lipinski definition) is 6. The first kappa shape index (κ1) is 21.0. The molecule has 0 aliphatic carbocycles. The highest BCUT2D eigenvalue weighted by atomic mass is 28.4. The van der Waals surface area contributed by atoms with Gasteiger partial charge in [0.15, 0.2) is 0 Å². The Morgan fingerprint density at radius 3 is 1.95 bits per heavy atom. The van der Waals surface area contributed by atoms with Crippen LogP contribution >= 0.6 is 0 Å². The van der Waals surface area contributed by atoms with E-state index in [1.54, 1.807) is 0 Å². The number of hydrogen-bond donors (Lipinski definition) is 4. The zero-order chi connectivity index (χ0) is 17.1. The molecule has 0 saturated carbocycles. The Morgan fingerprint density at radius 1 is 1.19 bits per heavy atom. The third kappa shape index (κ3) is 7.18. The number of aliphatic hydroxyl groups is 2. The third-order valence-electron chi connectivity index (χ3n) is 3.74. The molecule has 0 rings (SSSR count). The van der Waals surface area contributed by atoms with Crippen molar-refractivity contribution >= 4 is 8.32 Å². The van der Waals surface area contributed by atoms with Crippen LogP contribution in [0.2, 0.25) is 6.55 Å². The average molecular weight is 322 g/mol. The van der Waals surface area contributed by atoms with E-state index in [0.29, 0.717) is 12.7 Å². The van der Waals surface area contributed by atoms with Crippen LogP contribution in [0, 0.1) is 0 Å². The standard InChI is InChI=1S/C14H35N3O3Si/c1-11(2)17(8-12(19)9-18)10-21(7,14(5,6)16)20-13(3,4)15/h11-12,18-19H,8-10,15-16H2,1-7H3. The molecule has 0 radical (unpaired) electrons. The topological polar surface area (TPSA) is 105 Å². The van der Waals surface area contributed by atoms with Crippen molar-refractivity contribution in [3.63, 3.8) is 0 Å². The van der Waals surface area contributed by atoms with Gasteiger partial charge in [-0.2, -0.15) is 0 Å². The molecule has 6 nitrogen and oxygen atoms in total. The van der Waals surface area contributed by atoms with Crippen LogP contribution in [0.25, 0.3) is 0 Å². The maximum absolute atomic E-state index is 9.74. The van der Waals surface area contributed by atoms with Gasteiger partial charge in [-0.05, 0) is 48.1 Å². The van der Waals surface area contributed by atoms with Crippen LogP contribution in [0.15, 0.2) is 0 Å². The summed E-state index contributed by atoms with van der Waals surface area (Å²) in [5.74, 6) is 0. The highest BCUT2D eigenvalue weighted by molar-refractivity contribution is 6.75. The molecule has 6 N–H and O–H groups in total. The molecule has 0 aliphatic heterocycles. The van der Waals surface area contributed by atoms with E-state index >= 15 is 0 Å². The van der Waals surface area contributed by atoms with E-state index in [-0.39, 0.29) is 12.6 Å². The van der Waals surface area contributed by atoms with Gasteiger partial charge in [0.1, 0.15) is 0 Å². The molecule has 7 heteroatoms. The molecule has 0 heterocycles. The lowest BCUT2D eigenvalue weighted by molar-refractivity contribution is 0.0463. The summed E-state index contributed by atoms with van der Waals surface area (Å²) >= 11 is 0. The third-order valence-corrected chi connectivity index (χ3v) is 8.45. The molecule has 21 heavy (non-hydrogen) atoms. The van der Waals surface area contributed by atoms with Crippen LogP contribution in [0.5, 0.6) is 0 Å². The highest BCUT2D eigenvalue weighted by Gasteiger charge is 2.47. The Labute approximate surface area is 130 Å². The fourth-order valence-electron chi connectivity index (χ4n) is 2.12. The van der Waals surface area contributed by atoms with E-state index in [1.807, 2.05) is 27.7 Å². The van der Waals surface area contributed by atoms with Crippen molar-refractivity contribution < 1.29 is 14.6 Å². The summed E-state index contributed by atoms with van der Waals surface area (Å²) in [4.78, 5) is 2.10. The molecule has 0 spiro atoms. The molecule has 0 bridgehead atoms. The molecule has 2 atom stereocenters. The van der Waals surface area contributed by atoms with Gasteiger partial charge in [-0.25, -0.2) is 0 Å². The summed E-state index contributed by atoms with van der Waals surface area (Å²) in [5.41, 5.74) is 11.7. The fourth-order valence-corrected chi connectivity index (χ4v) is 5.29. The molecule has 0 amide bonds. The second-order valence-corrected chi connectivity index (χ2v) is 11.8. The van der Waals surface area contributed by atoms with Gasteiger partial charge >= 0.3 is 0 Å². The SMILES string of the molecule is CC(C)N(CC(O)CO)C[Si](C)(OC(C)(C)N)C(C)(C)N. The van der Waals surface area contributed by atoms with E-state index in [1.165, 1.54) is 0 Å². The Hall–Kier alpha value is -0.0231. The first-order valence-electron chi connectivity index (χ1n) is 7.53. The van der Waals surface area contributed by atoms with Crippen LogP contribution < -0.4 is 11.5 Å². The van der Waals surface area contributed by atoms with E-state index in [0.717, 1.165) is 0 Å². The van der Waals surface area contributed by atoms with Gasteiger partial charge in [0.2, 0.25) is 8.32 Å². The number of nitrogens with zero attached hydrogens (tertiary/aromatic N) is 1. The van der Waals surface area contributed by atoms with E-state index < -0.39 is 25.3 Å². The van der Waals surface area contributed by atoms with Crippen molar-refractivity contribution in [3.05, 3.63) is 0 Å². The van der Waals surface area contributed by atoms with Crippen LogP contribution in [0.1, 0.15) is 41.5 Å². The normalized spacial score (nSPS) is 18.1. The molecule has 0 aliphatic rings. The first-order chi connectivity index (χ1) is 9.22. The Morgan fingerprint density at radius 2 is 1.67 bits per heavy atom. The summed E-state index contributed by atoms with van der Waals surface area (Å²) in [7, 11) is -2.41. The van der Waals surface area contributed by atoms with Crippen molar-refractivity contribution in [2.75, 3.05) is 19.3 Å². The van der Waals surface area contributed by atoms with Crippen LogP contribution in [-0.4, -0.2) is 65.8 Å². The minimum atomic E-state index is -2.41. The smallest absolute Gasteiger partial charge is 0.224 e. The summed E-state index contributed by atoms with van der Waals surface area (Å²) < 4.78 is 6.19. The van der Waals surface area contributed by atoms with Crippen LogP contribution in [0.4, 0.5) is 0 Å². The minimum Gasteiger partial charge on any atom is -0.397 e. The molecule has 128 valence electrons.